The Hall–Kier alpha value is -3.25. The van der Waals surface area contributed by atoms with Gasteiger partial charge in [-0.1, -0.05) is 6.07 Å². The maximum Gasteiger partial charge on any atom is 0.250 e. The molecule has 0 aliphatic carbocycles. The molecule has 12 heteroatoms. The second-order valence-electron chi connectivity index (χ2n) is 9.69. The summed E-state index contributed by atoms with van der Waals surface area (Å²) in [6.45, 7) is 1.97. The van der Waals surface area contributed by atoms with Gasteiger partial charge >= 0.3 is 0 Å². The molecule has 0 bridgehead atoms. The minimum Gasteiger partial charge on any atom is -0.479 e. The summed E-state index contributed by atoms with van der Waals surface area (Å²) < 4.78 is 60.4. The maximum absolute atomic E-state index is 14.7. The SMILES string of the molecule is COc1nc(N[C@@H]2CCN(CCF)C[C@H]2F)nn2ccc(-c3ccc4c(c3)C(NCC(F)F)CC(C)=N4)c12. The van der Waals surface area contributed by atoms with Gasteiger partial charge in [-0.2, -0.15) is 4.98 Å². The zero-order chi connectivity index (χ0) is 26.8. The van der Waals surface area contributed by atoms with Crippen molar-refractivity contribution in [3.8, 4) is 17.0 Å². The number of alkyl halides is 4. The maximum atomic E-state index is 14.7. The van der Waals surface area contributed by atoms with Crippen LogP contribution in [0, 0.1) is 0 Å². The lowest BCUT2D eigenvalue weighted by Gasteiger charge is -2.34. The molecule has 2 aromatic heterocycles. The Kier molecular flexibility index (Phi) is 7.80. The Labute approximate surface area is 218 Å². The monoisotopic (exact) mass is 533 g/mol. The molecule has 0 saturated carbocycles. The van der Waals surface area contributed by atoms with E-state index in [1.165, 1.54) is 7.11 Å². The number of likely N-dealkylation sites (tertiary alicyclic amines) is 1. The Bertz CT molecular complexity index is 1310. The molecule has 4 heterocycles. The molecular weight excluding hydrogens is 502 g/mol. The second-order valence-corrected chi connectivity index (χ2v) is 9.69. The first-order valence-electron chi connectivity index (χ1n) is 12.7. The Morgan fingerprint density at radius 3 is 2.82 bits per heavy atom. The molecule has 2 N–H and O–H groups in total. The minimum atomic E-state index is -2.45. The van der Waals surface area contributed by atoms with E-state index in [-0.39, 0.29) is 25.1 Å². The molecule has 0 radical (unpaired) electrons. The summed E-state index contributed by atoms with van der Waals surface area (Å²) in [4.78, 5) is 10.9. The fourth-order valence-electron chi connectivity index (χ4n) is 5.22. The standard InChI is InChI=1S/C26H31F4N7O/c1-15-11-22(31-13-23(29)30)18-12-16(3-4-20(18)32-15)17-5-9-37-24(17)25(38-2)34-26(35-37)33-21-6-8-36(10-7-27)14-19(21)28/h3-5,9,12,19,21-23,31H,6-8,10-11,13-14H2,1-2H3,(H,33,35)/t19-,21-,22?/m1/s1. The molecule has 3 aromatic rings. The molecule has 204 valence electrons. The zero-order valence-corrected chi connectivity index (χ0v) is 21.3. The summed E-state index contributed by atoms with van der Waals surface area (Å²) in [7, 11) is 1.50. The third kappa shape index (κ3) is 5.46. The molecule has 2 aliphatic heterocycles. The van der Waals surface area contributed by atoms with Gasteiger partial charge in [0.05, 0.1) is 25.4 Å². The minimum absolute atomic E-state index is 0.156. The van der Waals surface area contributed by atoms with Crippen LogP contribution < -0.4 is 15.4 Å². The van der Waals surface area contributed by atoms with Gasteiger partial charge in [0.1, 0.15) is 18.4 Å². The molecule has 38 heavy (non-hydrogen) atoms. The smallest absolute Gasteiger partial charge is 0.250 e. The van der Waals surface area contributed by atoms with E-state index in [9.17, 15) is 17.6 Å². The number of anilines is 1. The summed E-state index contributed by atoms with van der Waals surface area (Å²) in [5.41, 5.74) is 4.75. The molecule has 0 spiro atoms. The average molecular weight is 534 g/mol. The van der Waals surface area contributed by atoms with Crippen LogP contribution in [0.15, 0.2) is 35.5 Å². The zero-order valence-electron chi connectivity index (χ0n) is 21.3. The van der Waals surface area contributed by atoms with E-state index in [0.29, 0.717) is 30.8 Å². The number of ether oxygens (including phenoxy) is 1. The number of hydrogen-bond acceptors (Lipinski definition) is 7. The van der Waals surface area contributed by atoms with Gasteiger partial charge in [0.15, 0.2) is 0 Å². The number of halogens is 4. The highest BCUT2D eigenvalue weighted by atomic mass is 19.3. The Balaban J connectivity index is 1.43. The molecule has 3 atom stereocenters. The molecule has 8 nitrogen and oxygen atoms in total. The van der Waals surface area contributed by atoms with Crippen molar-refractivity contribution in [3.05, 3.63) is 36.0 Å². The van der Waals surface area contributed by atoms with Crippen LogP contribution in [-0.4, -0.2) is 83.8 Å². The summed E-state index contributed by atoms with van der Waals surface area (Å²) in [5, 5.41) is 10.6. The fourth-order valence-corrected chi connectivity index (χ4v) is 5.22. The molecule has 5 rings (SSSR count). The third-order valence-electron chi connectivity index (χ3n) is 7.06. The van der Waals surface area contributed by atoms with E-state index < -0.39 is 31.9 Å². The summed E-state index contributed by atoms with van der Waals surface area (Å²) >= 11 is 0. The van der Waals surface area contributed by atoms with Crippen molar-refractivity contribution in [2.45, 2.75) is 44.4 Å². The first-order valence-corrected chi connectivity index (χ1v) is 12.7. The number of rotatable bonds is 9. The molecule has 1 saturated heterocycles. The van der Waals surface area contributed by atoms with E-state index >= 15 is 0 Å². The van der Waals surface area contributed by atoms with E-state index in [1.807, 2.05) is 31.2 Å². The van der Waals surface area contributed by atoms with Gasteiger partial charge in [-0.05, 0) is 42.7 Å². The molecule has 0 amide bonds. The first kappa shape index (κ1) is 26.4. The quantitative estimate of drug-likeness (QED) is 0.392. The lowest BCUT2D eigenvalue weighted by Crippen LogP contribution is -2.48. The molecule has 1 fully saturated rings. The first-order chi connectivity index (χ1) is 18.4. The topological polar surface area (TPSA) is 79.1 Å². The summed E-state index contributed by atoms with van der Waals surface area (Å²) in [6.07, 6.45) is -0.821. The summed E-state index contributed by atoms with van der Waals surface area (Å²) in [5.74, 6) is 0.543. The number of aromatic nitrogens is 3. The van der Waals surface area contributed by atoms with Gasteiger partial charge in [0.25, 0.3) is 6.43 Å². The summed E-state index contributed by atoms with van der Waals surface area (Å²) in [6, 6.07) is 6.87. The van der Waals surface area contributed by atoms with Crippen LogP contribution >= 0.6 is 0 Å². The largest absolute Gasteiger partial charge is 0.479 e. The lowest BCUT2D eigenvalue weighted by atomic mass is 9.93. The van der Waals surface area contributed by atoms with Gasteiger partial charge in [-0.15, -0.1) is 5.10 Å². The van der Waals surface area contributed by atoms with Crippen LogP contribution in [0.2, 0.25) is 0 Å². The van der Waals surface area contributed by atoms with Crippen molar-refractivity contribution in [1.82, 2.24) is 24.8 Å². The number of hydrogen-bond donors (Lipinski definition) is 2. The van der Waals surface area contributed by atoms with Crippen LogP contribution in [0.1, 0.15) is 31.4 Å². The Morgan fingerprint density at radius 1 is 1.24 bits per heavy atom. The van der Waals surface area contributed by atoms with E-state index in [1.54, 1.807) is 15.6 Å². The molecule has 1 aromatic carbocycles. The predicted octanol–water partition coefficient (Wildman–Crippen LogP) is 4.59. The van der Waals surface area contributed by atoms with Crippen molar-refractivity contribution < 1.29 is 22.3 Å². The third-order valence-corrected chi connectivity index (χ3v) is 7.06. The van der Waals surface area contributed by atoms with Gasteiger partial charge < -0.3 is 15.4 Å². The van der Waals surface area contributed by atoms with Gasteiger partial charge in [-0.25, -0.2) is 22.1 Å². The number of nitrogens with zero attached hydrogens (tertiary/aromatic N) is 5. The number of benzene rings is 1. The van der Waals surface area contributed by atoms with Crippen molar-refractivity contribution in [2.24, 2.45) is 4.99 Å². The van der Waals surface area contributed by atoms with Crippen LogP contribution in [0.3, 0.4) is 0 Å². The molecular formula is C26H31F4N7O. The normalized spacial score (nSPS) is 22.0. The van der Waals surface area contributed by atoms with Gasteiger partial charge in [0.2, 0.25) is 11.8 Å². The Morgan fingerprint density at radius 2 is 2.08 bits per heavy atom. The van der Waals surface area contributed by atoms with Crippen molar-refractivity contribution in [1.29, 1.82) is 0 Å². The second kappa shape index (κ2) is 11.2. The van der Waals surface area contributed by atoms with Gasteiger partial charge in [0, 0.05) is 49.6 Å². The highest BCUT2D eigenvalue weighted by molar-refractivity contribution is 5.90. The number of nitrogens with one attached hydrogen (secondary N) is 2. The number of fused-ring (bicyclic) bond motifs is 2. The fraction of sp³-hybridized carbons (Fsp3) is 0.500. The van der Waals surface area contributed by atoms with Crippen LogP contribution in [-0.2, 0) is 0 Å². The van der Waals surface area contributed by atoms with Crippen molar-refractivity contribution in [3.63, 3.8) is 0 Å². The predicted molar refractivity (Wildman–Crippen MR) is 138 cm³/mol. The van der Waals surface area contributed by atoms with Crippen LogP contribution in [0.5, 0.6) is 5.88 Å². The average Bonchev–Trinajstić information content (AvgIpc) is 3.32. The van der Waals surface area contributed by atoms with Crippen LogP contribution in [0.4, 0.5) is 29.2 Å². The van der Waals surface area contributed by atoms with E-state index in [2.05, 4.69) is 25.7 Å². The highest BCUT2D eigenvalue weighted by Gasteiger charge is 2.30. The van der Waals surface area contributed by atoms with E-state index in [0.717, 1.165) is 28.1 Å². The lowest BCUT2D eigenvalue weighted by molar-refractivity contribution is 0.120. The number of methoxy groups -OCH3 is 1. The molecule has 2 aliphatic rings. The van der Waals surface area contributed by atoms with Crippen molar-refractivity contribution >= 4 is 22.9 Å². The number of aliphatic imine (C=N–C) groups is 1. The number of piperidine rings is 1. The van der Waals surface area contributed by atoms with Gasteiger partial charge in [-0.3, -0.25) is 9.89 Å². The van der Waals surface area contributed by atoms with Crippen molar-refractivity contribution in [2.75, 3.05) is 45.3 Å². The van der Waals surface area contributed by atoms with Crippen LogP contribution in [0.25, 0.3) is 16.6 Å². The molecule has 1 unspecified atom stereocenters. The van der Waals surface area contributed by atoms with E-state index in [4.69, 9.17) is 4.74 Å². The highest BCUT2D eigenvalue weighted by Crippen LogP contribution is 2.39.